The van der Waals surface area contributed by atoms with Crippen LogP contribution in [-0.2, 0) is 20.9 Å². The quantitative estimate of drug-likeness (QED) is 0.440. The number of methoxy groups -OCH3 is 1. The third kappa shape index (κ3) is 6.42. The molecule has 1 amide bonds. The van der Waals surface area contributed by atoms with Crippen LogP contribution >= 0.6 is 0 Å². The summed E-state index contributed by atoms with van der Waals surface area (Å²) in [6, 6.07) is 9.41. The molecule has 0 aliphatic carbocycles. The Morgan fingerprint density at radius 2 is 1.95 bits per heavy atom. The van der Waals surface area contributed by atoms with Crippen LogP contribution in [0.1, 0.15) is 5.56 Å². The van der Waals surface area contributed by atoms with Crippen molar-refractivity contribution in [1.82, 2.24) is 4.90 Å². The zero-order valence-corrected chi connectivity index (χ0v) is 12.0. The number of hydrogen-bond acceptors (Lipinski definition) is 4. The summed E-state index contributed by atoms with van der Waals surface area (Å²) in [6.45, 7) is 4.38. The number of hydrogen-bond donors (Lipinski definition) is 0. The second kappa shape index (κ2) is 9.36. The number of benzene rings is 1. The zero-order valence-electron chi connectivity index (χ0n) is 12.0. The summed E-state index contributed by atoms with van der Waals surface area (Å²) in [5.74, 6) is -0.466. The van der Waals surface area contributed by atoms with Gasteiger partial charge >= 0.3 is 12.1 Å². The third-order valence-electron chi connectivity index (χ3n) is 2.59. The van der Waals surface area contributed by atoms with E-state index in [9.17, 15) is 9.59 Å². The van der Waals surface area contributed by atoms with E-state index in [-0.39, 0.29) is 13.2 Å². The molecule has 0 heterocycles. The molecule has 1 rings (SSSR count). The topological polar surface area (TPSA) is 55.8 Å². The highest BCUT2D eigenvalue weighted by Crippen LogP contribution is 2.03. The Kier molecular flexibility index (Phi) is 7.35. The largest absolute Gasteiger partial charge is 0.466 e. The van der Waals surface area contributed by atoms with Crippen LogP contribution in [0.4, 0.5) is 4.79 Å². The van der Waals surface area contributed by atoms with Crippen LogP contribution in [0, 0.1) is 0 Å². The van der Waals surface area contributed by atoms with Crippen LogP contribution < -0.4 is 0 Å². The van der Waals surface area contributed by atoms with Gasteiger partial charge in [-0.3, -0.25) is 0 Å². The lowest BCUT2D eigenvalue weighted by molar-refractivity contribution is -0.134. The molecule has 1 aromatic carbocycles. The molecule has 5 nitrogen and oxygen atoms in total. The van der Waals surface area contributed by atoms with Crippen molar-refractivity contribution in [2.24, 2.45) is 0 Å². The molecule has 0 unspecified atom stereocenters. The minimum absolute atomic E-state index is 0.202. The maximum absolute atomic E-state index is 12.0. The van der Waals surface area contributed by atoms with E-state index in [1.807, 2.05) is 30.3 Å². The van der Waals surface area contributed by atoms with Gasteiger partial charge in [-0.05, 0) is 5.56 Å². The number of carbonyl (C=O) groups is 2. The van der Waals surface area contributed by atoms with Gasteiger partial charge in [0.1, 0.15) is 6.61 Å². The molecule has 5 heteroatoms. The van der Waals surface area contributed by atoms with Crippen molar-refractivity contribution in [2.45, 2.75) is 6.61 Å². The molecule has 0 bridgehead atoms. The monoisotopic (exact) mass is 289 g/mol. The summed E-state index contributed by atoms with van der Waals surface area (Å²) in [5.41, 5.74) is 0.912. The molecule has 1 aromatic rings. The van der Waals surface area contributed by atoms with E-state index >= 15 is 0 Å². The first-order valence-corrected chi connectivity index (χ1v) is 6.48. The van der Waals surface area contributed by atoms with Gasteiger partial charge in [-0.15, -0.1) is 6.58 Å². The molecule has 0 spiro atoms. The van der Waals surface area contributed by atoms with Gasteiger partial charge in [0.05, 0.1) is 7.11 Å². The number of ether oxygens (including phenoxy) is 2. The highest BCUT2D eigenvalue weighted by atomic mass is 16.6. The van der Waals surface area contributed by atoms with Crippen molar-refractivity contribution in [3.63, 3.8) is 0 Å². The second-order valence-corrected chi connectivity index (χ2v) is 4.16. The smallest absolute Gasteiger partial charge is 0.410 e. The molecule has 0 atom stereocenters. The molecule has 0 N–H and O–H groups in total. The van der Waals surface area contributed by atoms with Crippen LogP contribution in [0.15, 0.2) is 55.1 Å². The van der Waals surface area contributed by atoms with Crippen LogP contribution in [-0.4, -0.2) is 37.2 Å². The molecule has 21 heavy (non-hydrogen) atoms. The molecule has 0 aliphatic heterocycles. The summed E-state index contributed by atoms with van der Waals surface area (Å²) in [5, 5.41) is 0. The lowest BCUT2D eigenvalue weighted by atomic mass is 10.2. The van der Waals surface area contributed by atoms with Gasteiger partial charge in [0.2, 0.25) is 0 Å². The van der Waals surface area contributed by atoms with Crippen LogP contribution in [0.5, 0.6) is 0 Å². The van der Waals surface area contributed by atoms with Crippen molar-refractivity contribution in [3.8, 4) is 0 Å². The van der Waals surface area contributed by atoms with Crippen LogP contribution in [0.3, 0.4) is 0 Å². The van der Waals surface area contributed by atoms with Gasteiger partial charge in [-0.2, -0.15) is 0 Å². The van der Waals surface area contributed by atoms with E-state index in [0.29, 0.717) is 6.54 Å². The molecular weight excluding hydrogens is 270 g/mol. The fourth-order valence-corrected chi connectivity index (χ4v) is 1.53. The number of esters is 1. The number of rotatable bonds is 7. The first-order valence-electron chi connectivity index (χ1n) is 6.48. The van der Waals surface area contributed by atoms with E-state index < -0.39 is 12.1 Å². The van der Waals surface area contributed by atoms with Crippen molar-refractivity contribution < 1.29 is 19.1 Å². The Hall–Kier alpha value is -2.56. The molecule has 0 aliphatic rings. The van der Waals surface area contributed by atoms with E-state index in [1.165, 1.54) is 18.1 Å². The zero-order chi connectivity index (χ0) is 15.5. The highest BCUT2D eigenvalue weighted by molar-refractivity contribution is 5.81. The Bertz CT molecular complexity index is 496. The van der Waals surface area contributed by atoms with Gasteiger partial charge in [-0.25, -0.2) is 9.59 Å². The van der Waals surface area contributed by atoms with Gasteiger partial charge in [0.15, 0.2) is 0 Å². The number of nitrogens with zero attached hydrogens (tertiary/aromatic N) is 1. The maximum atomic E-state index is 12.0. The van der Waals surface area contributed by atoms with E-state index in [2.05, 4.69) is 11.3 Å². The van der Waals surface area contributed by atoms with Crippen molar-refractivity contribution in [2.75, 3.05) is 20.2 Å². The summed E-state index contributed by atoms with van der Waals surface area (Å²) in [7, 11) is 1.29. The number of carbonyl (C=O) groups excluding carboxylic acids is 2. The van der Waals surface area contributed by atoms with Crippen LogP contribution in [0.2, 0.25) is 0 Å². The first kappa shape index (κ1) is 16.5. The van der Waals surface area contributed by atoms with E-state index in [1.54, 1.807) is 12.2 Å². The van der Waals surface area contributed by atoms with Crippen molar-refractivity contribution in [3.05, 3.63) is 60.7 Å². The van der Waals surface area contributed by atoms with Gasteiger partial charge in [0, 0.05) is 19.2 Å². The second-order valence-electron chi connectivity index (χ2n) is 4.16. The maximum Gasteiger partial charge on any atom is 0.410 e. The Morgan fingerprint density at radius 3 is 2.57 bits per heavy atom. The van der Waals surface area contributed by atoms with E-state index in [0.717, 1.165) is 5.56 Å². The minimum atomic E-state index is -0.466. The molecule has 0 aromatic heterocycles. The predicted molar refractivity (Wildman–Crippen MR) is 79.6 cm³/mol. The average Bonchev–Trinajstić information content (AvgIpc) is 2.52. The summed E-state index contributed by atoms with van der Waals surface area (Å²) < 4.78 is 9.69. The molecule has 0 radical (unpaired) electrons. The Labute approximate surface area is 124 Å². The number of amides is 1. The molecular formula is C16H19NO4. The summed E-state index contributed by atoms with van der Waals surface area (Å²) in [4.78, 5) is 24.4. The summed E-state index contributed by atoms with van der Waals surface area (Å²) >= 11 is 0. The van der Waals surface area contributed by atoms with Gasteiger partial charge < -0.3 is 14.4 Å². The minimum Gasteiger partial charge on any atom is -0.466 e. The molecule has 0 saturated carbocycles. The predicted octanol–water partition coefficient (Wildman–Crippen LogP) is 2.54. The first-order chi connectivity index (χ1) is 10.2. The standard InChI is InChI=1S/C16H19NO4/c1-3-11-17(12-7-10-15(18)20-2)16(19)21-13-14-8-5-4-6-9-14/h3-10H,1,11-13H2,2H3/b10-7+. The van der Waals surface area contributed by atoms with Gasteiger partial charge in [0.25, 0.3) is 0 Å². The fraction of sp³-hybridized carbons (Fsp3) is 0.250. The third-order valence-corrected chi connectivity index (χ3v) is 2.59. The fourth-order valence-electron chi connectivity index (χ4n) is 1.53. The molecule has 0 fully saturated rings. The lowest BCUT2D eigenvalue weighted by Gasteiger charge is -2.18. The lowest BCUT2D eigenvalue weighted by Crippen LogP contribution is -2.32. The Morgan fingerprint density at radius 1 is 1.24 bits per heavy atom. The van der Waals surface area contributed by atoms with E-state index in [4.69, 9.17) is 4.74 Å². The van der Waals surface area contributed by atoms with Gasteiger partial charge in [-0.1, -0.05) is 42.5 Å². The SMILES string of the molecule is C=CCN(C/C=C/C(=O)OC)C(=O)OCc1ccccc1. The van der Waals surface area contributed by atoms with Crippen molar-refractivity contribution in [1.29, 1.82) is 0 Å². The van der Waals surface area contributed by atoms with Crippen LogP contribution in [0.25, 0.3) is 0 Å². The van der Waals surface area contributed by atoms with Crippen molar-refractivity contribution >= 4 is 12.1 Å². The Balaban J connectivity index is 2.50. The highest BCUT2D eigenvalue weighted by Gasteiger charge is 2.12. The average molecular weight is 289 g/mol. The molecule has 112 valence electrons. The summed E-state index contributed by atoms with van der Waals surface area (Å²) in [6.07, 6.45) is 3.93. The normalized spacial score (nSPS) is 10.1. The molecule has 0 saturated heterocycles.